The number of carbonyl (C=O) groups excluding carboxylic acids is 1. The highest BCUT2D eigenvalue weighted by molar-refractivity contribution is 5.93. The summed E-state index contributed by atoms with van der Waals surface area (Å²) in [5, 5.41) is 9.47. The fourth-order valence-electron chi connectivity index (χ4n) is 3.55. The molecule has 2 aromatic rings. The molecule has 2 aromatic carbocycles. The van der Waals surface area contributed by atoms with E-state index in [0.717, 1.165) is 36.2 Å². The van der Waals surface area contributed by atoms with Crippen molar-refractivity contribution in [2.75, 3.05) is 11.4 Å². The second kappa shape index (κ2) is 8.41. The second-order valence-electron chi connectivity index (χ2n) is 7.14. The molecule has 0 radical (unpaired) electrons. The van der Waals surface area contributed by atoms with Crippen LogP contribution in [0.3, 0.4) is 0 Å². The Morgan fingerprint density at radius 2 is 1.58 bits per heavy atom. The first-order valence-electron chi connectivity index (χ1n) is 8.97. The number of benzene rings is 2. The van der Waals surface area contributed by atoms with E-state index in [9.17, 15) is 36.2 Å². The summed E-state index contributed by atoms with van der Waals surface area (Å²) in [4.78, 5) is 13.3. The van der Waals surface area contributed by atoms with Gasteiger partial charge in [-0.3, -0.25) is 4.79 Å². The molecular formula is C21H22F6N2O2. The van der Waals surface area contributed by atoms with E-state index in [1.54, 1.807) is 18.2 Å². The Morgan fingerprint density at radius 3 is 2.10 bits per heavy atom. The number of primary amides is 1. The number of fused-ring (bicyclic) bond motifs is 1. The molecule has 170 valence electrons. The molecule has 31 heavy (non-hydrogen) atoms. The monoisotopic (exact) mass is 448 g/mol. The van der Waals surface area contributed by atoms with Gasteiger partial charge in [-0.25, -0.2) is 0 Å². The average Bonchev–Trinajstić information content (AvgIpc) is 2.66. The Balaban J connectivity index is 0.00000341. The summed E-state index contributed by atoms with van der Waals surface area (Å²) in [6.45, 7) is 0.860. The quantitative estimate of drug-likeness (QED) is 0.668. The second-order valence-corrected chi connectivity index (χ2v) is 7.14. The van der Waals surface area contributed by atoms with Gasteiger partial charge in [0.15, 0.2) is 0 Å². The van der Waals surface area contributed by atoms with Crippen LogP contribution in [-0.4, -0.2) is 29.9 Å². The number of carbonyl (C=O) groups is 1. The third kappa shape index (κ3) is 4.48. The fraction of sp³-hybridized carbons (Fsp3) is 0.381. The largest absolute Gasteiger partial charge is 0.430 e. The number of aryl methyl sites for hydroxylation is 1. The highest BCUT2D eigenvalue weighted by Crippen LogP contribution is 2.50. The van der Waals surface area contributed by atoms with Crippen molar-refractivity contribution in [3.05, 3.63) is 64.7 Å². The molecule has 0 aliphatic carbocycles. The van der Waals surface area contributed by atoms with Crippen molar-refractivity contribution < 1.29 is 36.2 Å². The molecule has 1 amide bonds. The van der Waals surface area contributed by atoms with Crippen LogP contribution in [0.5, 0.6) is 0 Å². The summed E-state index contributed by atoms with van der Waals surface area (Å²) in [7, 11) is 0. The van der Waals surface area contributed by atoms with Gasteiger partial charge in [-0.1, -0.05) is 31.7 Å². The van der Waals surface area contributed by atoms with Gasteiger partial charge in [0.25, 0.3) is 5.60 Å². The molecule has 0 atom stereocenters. The number of alkyl halides is 6. The average molecular weight is 448 g/mol. The molecule has 0 fully saturated rings. The number of nitrogens with zero attached hydrogens (tertiary/aromatic N) is 1. The number of aliphatic hydroxyl groups is 1. The van der Waals surface area contributed by atoms with Crippen molar-refractivity contribution in [3.8, 4) is 0 Å². The van der Waals surface area contributed by atoms with Crippen LogP contribution in [0.15, 0.2) is 42.5 Å². The Morgan fingerprint density at radius 1 is 1.00 bits per heavy atom. The van der Waals surface area contributed by atoms with Crippen LogP contribution in [-0.2, 0) is 18.6 Å². The van der Waals surface area contributed by atoms with Crippen LogP contribution < -0.4 is 10.6 Å². The SMILES string of the molecule is C.NC(=O)c1ccc2c(c1)CCCN2Cc1ccc(C(O)(C(F)(F)F)C(F)(F)F)cc1. The predicted octanol–water partition coefficient (Wildman–Crippen LogP) is 4.69. The molecule has 0 bridgehead atoms. The van der Waals surface area contributed by atoms with Crippen molar-refractivity contribution in [1.82, 2.24) is 0 Å². The summed E-state index contributed by atoms with van der Waals surface area (Å²) < 4.78 is 78.0. The molecule has 10 heteroatoms. The zero-order valence-corrected chi connectivity index (χ0v) is 15.5. The standard InChI is InChI=1S/C20H18F6N2O2.CH4/c21-19(22,23)18(30,20(24,25)26)15-6-3-12(4-7-15)11-28-9-1-2-13-10-14(17(27)29)5-8-16(13)28;/h3-8,10,30H,1-2,9,11H2,(H2,27,29);1H4. The van der Waals surface area contributed by atoms with Crippen molar-refractivity contribution >= 4 is 11.6 Å². The van der Waals surface area contributed by atoms with Gasteiger partial charge in [0.2, 0.25) is 5.91 Å². The van der Waals surface area contributed by atoms with E-state index in [-0.39, 0.29) is 14.0 Å². The Labute approximate surface area is 175 Å². The van der Waals surface area contributed by atoms with E-state index in [1.165, 1.54) is 0 Å². The smallest absolute Gasteiger partial charge is 0.369 e. The maximum Gasteiger partial charge on any atom is 0.430 e. The zero-order chi connectivity index (χ0) is 22.3. The van der Waals surface area contributed by atoms with Gasteiger partial charge in [0, 0.05) is 29.9 Å². The van der Waals surface area contributed by atoms with Gasteiger partial charge in [-0.15, -0.1) is 0 Å². The minimum absolute atomic E-state index is 0. The molecule has 0 unspecified atom stereocenters. The maximum absolute atomic E-state index is 13.0. The summed E-state index contributed by atoms with van der Waals surface area (Å²) in [5.74, 6) is -0.563. The summed E-state index contributed by atoms with van der Waals surface area (Å²) >= 11 is 0. The highest BCUT2D eigenvalue weighted by atomic mass is 19.4. The number of hydrogen-bond acceptors (Lipinski definition) is 3. The molecule has 1 aliphatic heterocycles. The number of nitrogens with two attached hydrogens (primary N) is 1. The number of anilines is 1. The Bertz CT molecular complexity index is 924. The summed E-state index contributed by atoms with van der Waals surface area (Å²) in [6.07, 6.45) is -10.4. The van der Waals surface area contributed by atoms with Crippen LogP contribution in [0, 0.1) is 0 Å². The maximum atomic E-state index is 13.0. The highest BCUT2D eigenvalue weighted by Gasteiger charge is 2.71. The minimum atomic E-state index is -5.92. The lowest BCUT2D eigenvalue weighted by molar-refractivity contribution is -0.376. The lowest BCUT2D eigenvalue weighted by Gasteiger charge is -2.33. The predicted molar refractivity (Wildman–Crippen MR) is 104 cm³/mol. The molecular weight excluding hydrogens is 426 g/mol. The molecule has 3 rings (SSSR count). The van der Waals surface area contributed by atoms with Crippen molar-refractivity contribution in [2.24, 2.45) is 5.73 Å². The van der Waals surface area contributed by atoms with Crippen molar-refractivity contribution in [2.45, 2.75) is 44.8 Å². The number of halogens is 6. The van der Waals surface area contributed by atoms with Gasteiger partial charge in [-0.2, -0.15) is 26.3 Å². The number of amides is 1. The molecule has 0 saturated carbocycles. The first-order chi connectivity index (χ1) is 13.8. The van der Waals surface area contributed by atoms with E-state index in [0.29, 0.717) is 29.8 Å². The fourth-order valence-corrected chi connectivity index (χ4v) is 3.55. The number of rotatable bonds is 4. The third-order valence-corrected chi connectivity index (χ3v) is 5.14. The van der Waals surface area contributed by atoms with Gasteiger partial charge < -0.3 is 15.7 Å². The Hall–Kier alpha value is -2.75. The molecule has 0 spiro atoms. The van der Waals surface area contributed by atoms with Crippen LogP contribution in [0.4, 0.5) is 32.0 Å². The van der Waals surface area contributed by atoms with Gasteiger partial charge in [0.05, 0.1) is 0 Å². The van der Waals surface area contributed by atoms with E-state index in [2.05, 4.69) is 0 Å². The molecule has 0 aromatic heterocycles. The summed E-state index contributed by atoms with van der Waals surface area (Å²) in [5.41, 5.74) is 1.58. The van der Waals surface area contributed by atoms with Crippen LogP contribution >= 0.6 is 0 Å². The Kier molecular flexibility index (Phi) is 6.65. The van der Waals surface area contributed by atoms with E-state index < -0.39 is 29.4 Å². The van der Waals surface area contributed by atoms with E-state index in [1.807, 2.05) is 4.90 Å². The molecule has 1 aliphatic rings. The first kappa shape index (κ1) is 24.5. The van der Waals surface area contributed by atoms with Crippen molar-refractivity contribution in [1.29, 1.82) is 0 Å². The topological polar surface area (TPSA) is 66.6 Å². The molecule has 3 N–H and O–H groups in total. The molecule has 0 saturated heterocycles. The van der Waals surface area contributed by atoms with E-state index in [4.69, 9.17) is 5.73 Å². The van der Waals surface area contributed by atoms with Gasteiger partial charge in [-0.05, 0) is 42.2 Å². The lowest BCUT2D eigenvalue weighted by Crippen LogP contribution is -2.53. The van der Waals surface area contributed by atoms with Gasteiger partial charge >= 0.3 is 12.4 Å². The molecule has 1 heterocycles. The first-order valence-corrected chi connectivity index (χ1v) is 8.97. The lowest BCUT2D eigenvalue weighted by atomic mass is 9.91. The number of hydrogen-bond donors (Lipinski definition) is 2. The van der Waals surface area contributed by atoms with Crippen LogP contribution in [0.25, 0.3) is 0 Å². The van der Waals surface area contributed by atoms with E-state index >= 15 is 0 Å². The molecule has 4 nitrogen and oxygen atoms in total. The van der Waals surface area contributed by atoms with Gasteiger partial charge in [0.1, 0.15) is 0 Å². The van der Waals surface area contributed by atoms with Crippen molar-refractivity contribution in [3.63, 3.8) is 0 Å². The zero-order valence-electron chi connectivity index (χ0n) is 15.5. The summed E-state index contributed by atoms with van der Waals surface area (Å²) in [6, 6.07) is 8.49. The minimum Gasteiger partial charge on any atom is -0.369 e. The van der Waals surface area contributed by atoms with Crippen LogP contribution in [0.1, 0.15) is 40.9 Å². The third-order valence-electron chi connectivity index (χ3n) is 5.14. The normalized spacial score (nSPS) is 14.6. The van der Waals surface area contributed by atoms with Crippen LogP contribution in [0.2, 0.25) is 0 Å².